The van der Waals surface area contributed by atoms with Gasteiger partial charge in [-0.05, 0) is 19.1 Å². The number of hydrogen-bond acceptors (Lipinski definition) is 3. The normalized spacial score (nSPS) is 10.1. The molecule has 3 heteroatoms. The second-order valence-corrected chi connectivity index (χ2v) is 3.00. The smallest absolute Gasteiger partial charge is 0.207 e. The van der Waals surface area contributed by atoms with Crippen LogP contribution < -0.4 is 4.74 Å². The van der Waals surface area contributed by atoms with E-state index < -0.39 is 0 Å². The molecular weight excluding hydrogens is 178 g/mol. The third-order valence-electron chi connectivity index (χ3n) is 2.24. The number of hydrogen-bond donors (Lipinski definition) is 0. The first-order valence-corrected chi connectivity index (χ1v) is 4.24. The first-order chi connectivity index (χ1) is 6.77. The molecule has 0 radical (unpaired) electrons. The van der Waals surface area contributed by atoms with Gasteiger partial charge in [0.25, 0.3) is 0 Å². The number of nitriles is 1. The van der Waals surface area contributed by atoms with Crippen LogP contribution in [0.4, 0.5) is 0 Å². The quantitative estimate of drug-likeness (QED) is 0.689. The van der Waals surface area contributed by atoms with Crippen molar-refractivity contribution in [2.45, 2.75) is 6.92 Å². The first kappa shape index (κ1) is 8.64. The van der Waals surface area contributed by atoms with Gasteiger partial charge < -0.3 is 9.15 Å². The van der Waals surface area contributed by atoms with Gasteiger partial charge in [0.2, 0.25) is 5.76 Å². The van der Waals surface area contributed by atoms with Crippen LogP contribution in [0.3, 0.4) is 0 Å². The van der Waals surface area contributed by atoms with Gasteiger partial charge in [-0.2, -0.15) is 5.26 Å². The number of methoxy groups -OCH3 is 1. The second kappa shape index (κ2) is 3.08. The Hall–Kier alpha value is -1.95. The van der Waals surface area contributed by atoms with E-state index >= 15 is 0 Å². The highest BCUT2D eigenvalue weighted by molar-refractivity contribution is 5.89. The fourth-order valence-electron chi connectivity index (χ4n) is 1.54. The molecule has 14 heavy (non-hydrogen) atoms. The SMILES string of the molecule is COc1cccc2oc(C#N)c(C)c12. The lowest BCUT2D eigenvalue weighted by atomic mass is 10.1. The van der Waals surface area contributed by atoms with E-state index in [0.29, 0.717) is 11.3 Å². The van der Waals surface area contributed by atoms with E-state index in [1.165, 1.54) is 0 Å². The summed E-state index contributed by atoms with van der Waals surface area (Å²) >= 11 is 0. The van der Waals surface area contributed by atoms with Gasteiger partial charge in [-0.25, -0.2) is 0 Å². The van der Waals surface area contributed by atoms with Gasteiger partial charge in [0.05, 0.1) is 12.5 Å². The standard InChI is InChI=1S/C11H9NO2/c1-7-10(6-12)14-9-5-3-4-8(13-2)11(7)9/h3-5H,1-2H3. The zero-order valence-corrected chi connectivity index (χ0v) is 8.00. The third-order valence-corrected chi connectivity index (χ3v) is 2.24. The van der Waals surface area contributed by atoms with E-state index in [-0.39, 0.29) is 0 Å². The molecule has 0 saturated carbocycles. The lowest BCUT2D eigenvalue weighted by Crippen LogP contribution is -1.83. The molecule has 0 bridgehead atoms. The largest absolute Gasteiger partial charge is 0.496 e. The summed E-state index contributed by atoms with van der Waals surface area (Å²) in [5.74, 6) is 1.09. The lowest BCUT2D eigenvalue weighted by molar-refractivity contribution is 0.419. The van der Waals surface area contributed by atoms with Gasteiger partial charge in [-0.1, -0.05) is 6.07 Å². The molecule has 0 spiro atoms. The Morgan fingerprint density at radius 3 is 2.86 bits per heavy atom. The fourth-order valence-corrected chi connectivity index (χ4v) is 1.54. The highest BCUT2D eigenvalue weighted by Crippen LogP contribution is 2.32. The van der Waals surface area contributed by atoms with Crippen LogP contribution in [-0.4, -0.2) is 7.11 Å². The first-order valence-electron chi connectivity index (χ1n) is 4.24. The minimum atomic E-state index is 0.351. The average molecular weight is 187 g/mol. The Balaban J connectivity index is 2.87. The molecule has 0 fully saturated rings. The maximum Gasteiger partial charge on any atom is 0.207 e. The third kappa shape index (κ3) is 1.05. The van der Waals surface area contributed by atoms with Gasteiger partial charge in [-0.3, -0.25) is 0 Å². The van der Waals surface area contributed by atoms with Gasteiger partial charge in [0, 0.05) is 5.56 Å². The van der Waals surface area contributed by atoms with Crippen molar-refractivity contribution in [2.75, 3.05) is 7.11 Å². The summed E-state index contributed by atoms with van der Waals surface area (Å²) in [7, 11) is 1.60. The molecule has 0 saturated heterocycles. The van der Waals surface area contributed by atoms with Crippen LogP contribution in [0.2, 0.25) is 0 Å². The minimum absolute atomic E-state index is 0.351. The Bertz CT molecular complexity index is 520. The van der Waals surface area contributed by atoms with Crippen LogP contribution in [0.25, 0.3) is 11.0 Å². The van der Waals surface area contributed by atoms with Crippen molar-refractivity contribution in [1.82, 2.24) is 0 Å². The van der Waals surface area contributed by atoms with Crippen molar-refractivity contribution in [3.8, 4) is 11.8 Å². The molecule has 1 aromatic heterocycles. The predicted molar refractivity (Wildman–Crippen MR) is 52.2 cm³/mol. The Morgan fingerprint density at radius 1 is 1.43 bits per heavy atom. The second-order valence-electron chi connectivity index (χ2n) is 3.00. The Morgan fingerprint density at radius 2 is 2.21 bits per heavy atom. The zero-order valence-electron chi connectivity index (χ0n) is 8.00. The summed E-state index contributed by atoms with van der Waals surface area (Å²) in [6, 6.07) is 7.53. The van der Waals surface area contributed by atoms with Gasteiger partial charge in [0.15, 0.2) is 0 Å². The van der Waals surface area contributed by atoms with Crippen molar-refractivity contribution in [2.24, 2.45) is 0 Å². The number of benzene rings is 1. The minimum Gasteiger partial charge on any atom is -0.496 e. The molecule has 1 heterocycles. The number of fused-ring (bicyclic) bond motifs is 1. The van der Waals surface area contributed by atoms with Crippen molar-refractivity contribution in [3.05, 3.63) is 29.5 Å². The maximum absolute atomic E-state index is 8.80. The molecule has 3 nitrogen and oxygen atoms in total. The summed E-state index contributed by atoms with van der Waals surface area (Å²) in [5, 5.41) is 9.68. The number of aryl methyl sites for hydroxylation is 1. The van der Waals surface area contributed by atoms with Crippen LogP contribution in [0.1, 0.15) is 11.3 Å². The fraction of sp³-hybridized carbons (Fsp3) is 0.182. The van der Waals surface area contributed by atoms with Crippen LogP contribution in [0, 0.1) is 18.3 Å². The molecule has 0 aliphatic heterocycles. The van der Waals surface area contributed by atoms with Crippen LogP contribution >= 0.6 is 0 Å². The van der Waals surface area contributed by atoms with E-state index in [1.807, 2.05) is 31.2 Å². The van der Waals surface area contributed by atoms with Crippen LogP contribution in [0.5, 0.6) is 5.75 Å². The van der Waals surface area contributed by atoms with Crippen molar-refractivity contribution in [1.29, 1.82) is 5.26 Å². The van der Waals surface area contributed by atoms with Gasteiger partial charge >= 0.3 is 0 Å². The summed E-state index contributed by atoms with van der Waals surface area (Å²) in [4.78, 5) is 0. The Kier molecular flexibility index (Phi) is 1.90. The van der Waals surface area contributed by atoms with Gasteiger partial charge in [0.1, 0.15) is 17.4 Å². The highest BCUT2D eigenvalue weighted by atomic mass is 16.5. The monoisotopic (exact) mass is 187 g/mol. The summed E-state index contributed by atoms with van der Waals surface area (Å²) in [6.45, 7) is 1.85. The van der Waals surface area contributed by atoms with E-state index in [1.54, 1.807) is 7.11 Å². The number of nitrogens with zero attached hydrogens (tertiary/aromatic N) is 1. The Labute approximate surface area is 81.5 Å². The topological polar surface area (TPSA) is 46.2 Å². The van der Waals surface area contributed by atoms with E-state index in [2.05, 4.69) is 0 Å². The van der Waals surface area contributed by atoms with Crippen molar-refractivity contribution >= 4 is 11.0 Å². The van der Waals surface area contributed by atoms with Crippen LogP contribution in [0.15, 0.2) is 22.6 Å². The average Bonchev–Trinajstić information content (AvgIpc) is 2.55. The van der Waals surface area contributed by atoms with Gasteiger partial charge in [-0.15, -0.1) is 0 Å². The summed E-state index contributed by atoms with van der Waals surface area (Å²) < 4.78 is 10.5. The molecular formula is C11H9NO2. The van der Waals surface area contributed by atoms with Crippen LogP contribution in [-0.2, 0) is 0 Å². The molecule has 0 amide bonds. The molecule has 1 aromatic carbocycles. The molecule has 0 atom stereocenters. The molecule has 2 rings (SSSR count). The molecule has 70 valence electrons. The summed E-state index contributed by atoms with van der Waals surface area (Å²) in [5.41, 5.74) is 1.53. The zero-order chi connectivity index (χ0) is 10.1. The molecule has 2 aromatic rings. The van der Waals surface area contributed by atoms with Crippen molar-refractivity contribution in [3.63, 3.8) is 0 Å². The highest BCUT2D eigenvalue weighted by Gasteiger charge is 2.13. The van der Waals surface area contributed by atoms with E-state index in [4.69, 9.17) is 14.4 Å². The maximum atomic E-state index is 8.80. The molecule has 0 unspecified atom stereocenters. The molecule has 0 N–H and O–H groups in total. The molecule has 0 aliphatic carbocycles. The van der Waals surface area contributed by atoms with E-state index in [0.717, 1.165) is 16.7 Å². The number of ether oxygens (including phenoxy) is 1. The summed E-state index contributed by atoms with van der Waals surface area (Å²) in [6.07, 6.45) is 0. The predicted octanol–water partition coefficient (Wildman–Crippen LogP) is 2.62. The number of furan rings is 1. The number of rotatable bonds is 1. The van der Waals surface area contributed by atoms with Crippen molar-refractivity contribution < 1.29 is 9.15 Å². The lowest BCUT2D eigenvalue weighted by Gasteiger charge is -2.00. The molecule has 0 aliphatic rings. The van der Waals surface area contributed by atoms with E-state index in [9.17, 15) is 0 Å².